The largest absolute Gasteiger partial charge is 0.283 e. The van der Waals surface area contributed by atoms with Crippen LogP contribution in [0.1, 0.15) is 12.5 Å². The summed E-state index contributed by atoms with van der Waals surface area (Å²) in [4.78, 5) is 0.0752. The fourth-order valence-electron chi connectivity index (χ4n) is 1.57. The van der Waals surface area contributed by atoms with E-state index in [0.29, 0.717) is 5.56 Å². The summed E-state index contributed by atoms with van der Waals surface area (Å²) < 4.78 is 49.3. The van der Waals surface area contributed by atoms with E-state index in [1.807, 2.05) is 0 Å². The molecule has 0 aliphatic heterocycles. The van der Waals surface area contributed by atoms with Gasteiger partial charge in [-0.05, 0) is 30.5 Å². The lowest BCUT2D eigenvalue weighted by Gasteiger charge is -2.13. The quantitative estimate of drug-likeness (QED) is 0.804. The highest BCUT2D eigenvalue weighted by atomic mass is 35.5. The van der Waals surface area contributed by atoms with Crippen molar-refractivity contribution in [2.45, 2.75) is 18.7 Å². The summed E-state index contributed by atoms with van der Waals surface area (Å²) >= 11 is 5.61. The number of sulfone groups is 1. The maximum Gasteiger partial charge on any atom is 0.233 e. The van der Waals surface area contributed by atoms with Gasteiger partial charge in [-0.1, -0.05) is 13.0 Å². The van der Waals surface area contributed by atoms with Crippen LogP contribution < -0.4 is 4.72 Å². The lowest BCUT2D eigenvalue weighted by atomic mass is 10.2. The Morgan fingerprint density at radius 3 is 2.35 bits per heavy atom. The number of benzene rings is 1. The molecule has 0 fully saturated rings. The van der Waals surface area contributed by atoms with Crippen LogP contribution in [-0.4, -0.2) is 34.7 Å². The molecule has 20 heavy (non-hydrogen) atoms. The van der Waals surface area contributed by atoms with Crippen LogP contribution in [0, 0.1) is 12.8 Å². The third-order valence-corrected chi connectivity index (χ3v) is 5.85. The Labute approximate surface area is 125 Å². The molecule has 1 rings (SSSR count). The summed E-state index contributed by atoms with van der Waals surface area (Å²) in [5, 5.41) is 0. The zero-order valence-electron chi connectivity index (χ0n) is 11.6. The number of aryl methyl sites for hydroxylation is 1. The van der Waals surface area contributed by atoms with Gasteiger partial charge in [0.15, 0.2) is 9.84 Å². The van der Waals surface area contributed by atoms with Gasteiger partial charge in [0, 0.05) is 12.1 Å². The standard InChI is InChI=1S/C12H18ClNO4S2/c1-9(7-13)8-20(17,18)14-12-6-11(19(3,15)16)5-4-10(12)2/h4-6,9,14H,7-8H2,1-3H3. The molecule has 1 atom stereocenters. The van der Waals surface area contributed by atoms with Crippen molar-refractivity contribution in [3.63, 3.8) is 0 Å². The van der Waals surface area contributed by atoms with Crippen molar-refractivity contribution in [1.29, 1.82) is 0 Å². The fourth-order valence-corrected chi connectivity index (χ4v) is 3.96. The molecule has 0 saturated carbocycles. The Bertz CT molecular complexity index is 683. The molecule has 0 amide bonds. The number of hydrogen-bond acceptors (Lipinski definition) is 4. The first-order valence-corrected chi connectivity index (χ1v) is 10.00. The van der Waals surface area contributed by atoms with Crippen LogP contribution in [0.3, 0.4) is 0 Å². The molecule has 0 bridgehead atoms. The molecule has 0 saturated heterocycles. The third kappa shape index (κ3) is 4.96. The van der Waals surface area contributed by atoms with Crippen LogP contribution in [0.2, 0.25) is 0 Å². The average molecular weight is 340 g/mol. The predicted octanol–water partition coefficient (Wildman–Crippen LogP) is 2.02. The molecule has 5 nitrogen and oxygen atoms in total. The number of anilines is 1. The Hall–Kier alpha value is -0.790. The molecule has 0 aromatic heterocycles. The van der Waals surface area contributed by atoms with Crippen LogP contribution >= 0.6 is 11.6 Å². The first-order chi connectivity index (χ1) is 9.05. The van der Waals surface area contributed by atoms with Crippen molar-refractivity contribution in [3.05, 3.63) is 23.8 Å². The average Bonchev–Trinajstić information content (AvgIpc) is 2.29. The minimum atomic E-state index is -3.56. The van der Waals surface area contributed by atoms with E-state index in [1.54, 1.807) is 19.9 Å². The minimum absolute atomic E-state index is 0.0752. The van der Waals surface area contributed by atoms with Crippen molar-refractivity contribution in [2.75, 3.05) is 22.6 Å². The number of nitrogens with one attached hydrogen (secondary N) is 1. The summed E-state index contributed by atoms with van der Waals surface area (Å²) in [6.07, 6.45) is 1.07. The van der Waals surface area contributed by atoms with Gasteiger partial charge in [0.05, 0.1) is 16.3 Å². The van der Waals surface area contributed by atoms with Crippen molar-refractivity contribution in [2.24, 2.45) is 5.92 Å². The normalized spacial score (nSPS) is 14.0. The number of hydrogen-bond donors (Lipinski definition) is 1. The Kier molecular flexibility index (Phi) is 5.46. The van der Waals surface area contributed by atoms with Crippen LogP contribution in [0.25, 0.3) is 0 Å². The molecule has 1 N–H and O–H groups in total. The van der Waals surface area contributed by atoms with E-state index in [4.69, 9.17) is 11.6 Å². The molecule has 1 aromatic carbocycles. The summed E-state index contributed by atoms with van der Waals surface area (Å²) in [5.41, 5.74) is 0.925. The van der Waals surface area contributed by atoms with Gasteiger partial charge in [-0.25, -0.2) is 16.8 Å². The van der Waals surface area contributed by atoms with Gasteiger partial charge in [0.25, 0.3) is 0 Å². The molecule has 0 aliphatic rings. The zero-order valence-corrected chi connectivity index (χ0v) is 13.9. The van der Waals surface area contributed by atoms with Crippen molar-refractivity contribution in [1.82, 2.24) is 0 Å². The number of rotatable bonds is 6. The molecular weight excluding hydrogens is 322 g/mol. The SMILES string of the molecule is Cc1ccc(S(C)(=O)=O)cc1NS(=O)(=O)CC(C)CCl. The smallest absolute Gasteiger partial charge is 0.233 e. The molecular formula is C12H18ClNO4S2. The Morgan fingerprint density at radius 1 is 1.25 bits per heavy atom. The van der Waals surface area contributed by atoms with Gasteiger partial charge < -0.3 is 0 Å². The number of alkyl halides is 1. The van der Waals surface area contributed by atoms with Gasteiger partial charge in [-0.15, -0.1) is 11.6 Å². The summed E-state index contributed by atoms with van der Waals surface area (Å²) in [7, 11) is -6.94. The Morgan fingerprint density at radius 2 is 1.85 bits per heavy atom. The van der Waals surface area contributed by atoms with E-state index < -0.39 is 19.9 Å². The van der Waals surface area contributed by atoms with Crippen LogP contribution in [-0.2, 0) is 19.9 Å². The summed E-state index contributed by atoms with van der Waals surface area (Å²) in [6, 6.07) is 4.34. The first-order valence-electron chi connectivity index (χ1n) is 5.92. The van der Waals surface area contributed by atoms with Crippen LogP contribution in [0.4, 0.5) is 5.69 Å². The van der Waals surface area contributed by atoms with E-state index in [9.17, 15) is 16.8 Å². The second-order valence-corrected chi connectivity index (χ2v) is 8.98. The van der Waals surface area contributed by atoms with Crippen molar-refractivity contribution in [3.8, 4) is 0 Å². The van der Waals surface area contributed by atoms with E-state index >= 15 is 0 Å². The molecule has 0 spiro atoms. The molecule has 8 heteroatoms. The Balaban J connectivity index is 3.09. The number of sulfonamides is 1. The van der Waals surface area contributed by atoms with Gasteiger partial charge in [-0.3, -0.25) is 4.72 Å². The van der Waals surface area contributed by atoms with E-state index in [2.05, 4.69) is 4.72 Å². The maximum absolute atomic E-state index is 12.0. The van der Waals surface area contributed by atoms with Crippen molar-refractivity contribution >= 4 is 37.1 Å². The van der Waals surface area contributed by atoms with E-state index in [1.165, 1.54) is 12.1 Å². The van der Waals surface area contributed by atoms with Gasteiger partial charge in [-0.2, -0.15) is 0 Å². The molecule has 0 radical (unpaired) electrons. The second-order valence-electron chi connectivity index (χ2n) is 4.89. The lowest BCUT2D eigenvalue weighted by Crippen LogP contribution is -2.22. The van der Waals surface area contributed by atoms with Crippen LogP contribution in [0.5, 0.6) is 0 Å². The monoisotopic (exact) mass is 339 g/mol. The predicted molar refractivity (Wildman–Crippen MR) is 81.6 cm³/mol. The highest BCUT2D eigenvalue weighted by Gasteiger charge is 2.17. The summed E-state index contributed by atoms with van der Waals surface area (Å²) in [6.45, 7) is 3.43. The maximum atomic E-state index is 12.0. The highest BCUT2D eigenvalue weighted by molar-refractivity contribution is 7.92. The van der Waals surface area contributed by atoms with E-state index in [-0.39, 0.29) is 28.1 Å². The highest BCUT2D eigenvalue weighted by Crippen LogP contribution is 2.21. The topological polar surface area (TPSA) is 80.3 Å². The molecule has 0 aliphatic carbocycles. The molecule has 1 aromatic rings. The fraction of sp³-hybridized carbons (Fsp3) is 0.500. The molecule has 0 heterocycles. The summed E-state index contributed by atoms with van der Waals surface area (Å²) in [5.74, 6) is -0.0601. The van der Waals surface area contributed by atoms with Gasteiger partial charge >= 0.3 is 0 Å². The van der Waals surface area contributed by atoms with Gasteiger partial charge in [0.2, 0.25) is 10.0 Å². The third-order valence-electron chi connectivity index (χ3n) is 2.67. The zero-order chi connectivity index (χ0) is 15.6. The minimum Gasteiger partial charge on any atom is -0.283 e. The first kappa shape index (κ1) is 17.3. The van der Waals surface area contributed by atoms with Gasteiger partial charge in [0.1, 0.15) is 0 Å². The second kappa shape index (κ2) is 6.32. The van der Waals surface area contributed by atoms with Crippen molar-refractivity contribution < 1.29 is 16.8 Å². The number of halogens is 1. The molecule has 1 unspecified atom stereocenters. The molecule has 114 valence electrons. The van der Waals surface area contributed by atoms with Crippen LogP contribution in [0.15, 0.2) is 23.1 Å². The lowest BCUT2D eigenvalue weighted by molar-refractivity contribution is 0.588. The van der Waals surface area contributed by atoms with E-state index in [0.717, 1.165) is 6.26 Å².